The van der Waals surface area contributed by atoms with E-state index in [4.69, 9.17) is 15.6 Å². The smallest absolute Gasteiger partial charge is 0.410 e. The number of aromatic nitrogens is 3. The van der Waals surface area contributed by atoms with Crippen molar-refractivity contribution in [3.8, 4) is 11.3 Å². The van der Waals surface area contributed by atoms with Gasteiger partial charge in [-0.3, -0.25) is 9.48 Å². The topological polar surface area (TPSA) is 115 Å². The van der Waals surface area contributed by atoms with Gasteiger partial charge in [-0.25, -0.2) is 14.2 Å². The molecule has 2 aliphatic rings. The van der Waals surface area contributed by atoms with Crippen LogP contribution in [0.1, 0.15) is 50.0 Å². The van der Waals surface area contributed by atoms with Crippen LogP contribution in [0.4, 0.5) is 20.7 Å². The summed E-state index contributed by atoms with van der Waals surface area (Å²) >= 11 is 0. The normalized spacial score (nSPS) is 20.2. The summed E-state index contributed by atoms with van der Waals surface area (Å²) in [6.07, 6.45) is 2.95. The fourth-order valence-corrected chi connectivity index (χ4v) is 5.91. The first-order valence-electron chi connectivity index (χ1n) is 13.4. The molecule has 0 spiro atoms. The molecule has 2 aromatic heterocycles. The minimum Gasteiger partial charge on any atom is -0.444 e. The van der Waals surface area contributed by atoms with Crippen molar-refractivity contribution in [1.82, 2.24) is 19.7 Å². The lowest BCUT2D eigenvalue weighted by molar-refractivity contribution is 0.0136. The summed E-state index contributed by atoms with van der Waals surface area (Å²) < 4.78 is 23.1. The van der Waals surface area contributed by atoms with E-state index in [2.05, 4.69) is 10.3 Å². The number of nitrogen functional groups attached to an aromatic ring is 1. The summed E-state index contributed by atoms with van der Waals surface area (Å²) in [6.45, 7) is 6.20. The van der Waals surface area contributed by atoms with Gasteiger partial charge in [0.05, 0.1) is 23.0 Å². The lowest BCUT2D eigenvalue weighted by Gasteiger charge is -2.34. The fraction of sp³-hybridized carbons (Fsp3) is 0.333. The van der Waals surface area contributed by atoms with E-state index in [0.717, 1.165) is 18.4 Å². The Labute approximate surface area is 231 Å². The minimum absolute atomic E-state index is 0.0981. The Balaban J connectivity index is 1.35. The molecule has 206 valence electrons. The molecule has 2 bridgehead atoms. The third kappa shape index (κ3) is 4.63. The number of carbonyl (C=O) groups excluding carboxylic acids is 2. The molecule has 1 aliphatic carbocycles. The molecule has 1 saturated heterocycles. The van der Waals surface area contributed by atoms with Crippen molar-refractivity contribution in [3.63, 3.8) is 0 Å². The number of pyridine rings is 1. The van der Waals surface area contributed by atoms with E-state index in [1.54, 1.807) is 35.4 Å². The van der Waals surface area contributed by atoms with Crippen LogP contribution >= 0.6 is 0 Å². The molecule has 40 heavy (non-hydrogen) atoms. The van der Waals surface area contributed by atoms with Crippen LogP contribution in [0.5, 0.6) is 0 Å². The number of ether oxygens (including phenoxy) is 1. The van der Waals surface area contributed by atoms with Crippen LogP contribution in [-0.4, -0.2) is 49.9 Å². The van der Waals surface area contributed by atoms with Crippen LogP contribution in [-0.2, 0) is 4.74 Å². The highest BCUT2D eigenvalue weighted by atomic mass is 19.1. The number of hydrogen-bond acceptors (Lipinski definition) is 6. The van der Waals surface area contributed by atoms with Crippen LogP contribution in [0, 0.1) is 11.7 Å². The lowest BCUT2D eigenvalue weighted by Crippen LogP contribution is -2.45. The minimum atomic E-state index is -0.598. The summed E-state index contributed by atoms with van der Waals surface area (Å²) in [6, 6.07) is 14.9. The van der Waals surface area contributed by atoms with Gasteiger partial charge in [-0.15, -0.1) is 0 Å². The van der Waals surface area contributed by atoms with Gasteiger partial charge < -0.3 is 20.7 Å². The predicted molar refractivity (Wildman–Crippen MR) is 150 cm³/mol. The average molecular weight is 543 g/mol. The molecule has 0 radical (unpaired) electrons. The number of rotatable bonds is 4. The zero-order valence-corrected chi connectivity index (χ0v) is 22.6. The molecule has 2 amide bonds. The first-order valence-corrected chi connectivity index (χ1v) is 13.4. The molecule has 3 heterocycles. The van der Waals surface area contributed by atoms with E-state index in [9.17, 15) is 9.59 Å². The maximum absolute atomic E-state index is 15.6. The SMILES string of the molecule is CC(C)(C)OC(=O)N1CC2CC1[C@H](n1nc(-c3ccc(C(=O)Nc4ccccc4)cc3F)c3c(N)nccc31)C2. The molecule has 2 unspecified atom stereocenters. The largest absolute Gasteiger partial charge is 0.444 e. The number of para-hydroxylation sites is 1. The van der Waals surface area contributed by atoms with Gasteiger partial charge in [-0.05, 0) is 75.9 Å². The fourth-order valence-electron chi connectivity index (χ4n) is 5.91. The van der Waals surface area contributed by atoms with Crippen molar-refractivity contribution < 1.29 is 18.7 Å². The van der Waals surface area contributed by atoms with Crippen molar-refractivity contribution in [2.24, 2.45) is 5.92 Å². The number of carbonyl (C=O) groups is 2. The van der Waals surface area contributed by atoms with E-state index in [0.29, 0.717) is 29.2 Å². The number of benzene rings is 2. The molecule has 9 nitrogen and oxygen atoms in total. The number of piperidine rings is 1. The molecule has 1 aliphatic heterocycles. The van der Waals surface area contributed by atoms with E-state index in [1.165, 1.54) is 6.07 Å². The second-order valence-corrected chi connectivity index (χ2v) is 11.5. The molecular formula is C30H31FN6O3. The number of likely N-dealkylation sites (tertiary alicyclic amines) is 1. The lowest BCUT2D eigenvalue weighted by atomic mass is 10.0. The number of fused-ring (bicyclic) bond motifs is 3. The Hall–Kier alpha value is -4.47. The van der Waals surface area contributed by atoms with E-state index < -0.39 is 17.3 Å². The number of hydrogen-bond donors (Lipinski definition) is 2. The Morgan fingerprint density at radius 2 is 1.82 bits per heavy atom. The first kappa shape index (κ1) is 25.8. The van der Waals surface area contributed by atoms with Crippen LogP contribution < -0.4 is 11.1 Å². The molecule has 3 atom stereocenters. The highest BCUT2D eigenvalue weighted by Crippen LogP contribution is 2.47. The molecular weight excluding hydrogens is 511 g/mol. The van der Waals surface area contributed by atoms with Gasteiger partial charge in [0.2, 0.25) is 0 Å². The second-order valence-electron chi connectivity index (χ2n) is 11.5. The third-order valence-corrected chi connectivity index (χ3v) is 7.56. The standard InChI is InChI=1S/C30H31FN6O3/c1-30(2,3)40-29(39)36-16-17-13-23(36)24(14-17)37-22-11-12-33-27(32)25(22)26(35-37)20-10-9-18(15-21(20)31)28(38)34-19-7-5-4-6-8-19/h4-12,15,17,23-24H,13-14,16H2,1-3H3,(H2,32,33)(H,34,38)/t17?,23?,24-/m1/s1. The quantitative estimate of drug-likeness (QED) is 0.345. The first-order chi connectivity index (χ1) is 19.1. The molecule has 4 aromatic rings. The molecule has 2 fully saturated rings. The Kier molecular flexibility index (Phi) is 6.20. The Bertz CT molecular complexity index is 1610. The summed E-state index contributed by atoms with van der Waals surface area (Å²) in [7, 11) is 0. The third-order valence-electron chi connectivity index (χ3n) is 7.56. The van der Waals surface area contributed by atoms with E-state index >= 15 is 4.39 Å². The molecule has 10 heteroatoms. The summed E-state index contributed by atoms with van der Waals surface area (Å²) in [5, 5.41) is 8.18. The highest BCUT2D eigenvalue weighted by Gasteiger charge is 2.49. The van der Waals surface area contributed by atoms with Crippen LogP contribution in [0.15, 0.2) is 60.8 Å². The van der Waals surface area contributed by atoms with Gasteiger partial charge in [0, 0.05) is 29.6 Å². The van der Waals surface area contributed by atoms with Crippen molar-refractivity contribution in [3.05, 3.63) is 72.2 Å². The van der Waals surface area contributed by atoms with Gasteiger partial charge in [0.1, 0.15) is 22.9 Å². The zero-order valence-electron chi connectivity index (χ0n) is 22.6. The van der Waals surface area contributed by atoms with E-state index in [1.807, 2.05) is 49.7 Å². The number of nitrogens with zero attached hydrogens (tertiary/aromatic N) is 4. The van der Waals surface area contributed by atoms with Gasteiger partial charge in [-0.2, -0.15) is 5.10 Å². The summed E-state index contributed by atoms with van der Waals surface area (Å²) in [5.74, 6) is -0.462. The number of amides is 2. The zero-order chi connectivity index (χ0) is 28.2. The van der Waals surface area contributed by atoms with Crippen LogP contribution in [0.25, 0.3) is 22.2 Å². The number of nitrogens with one attached hydrogen (secondary N) is 1. The van der Waals surface area contributed by atoms with Crippen LogP contribution in [0.2, 0.25) is 0 Å². The molecule has 1 saturated carbocycles. The maximum atomic E-state index is 15.6. The van der Waals surface area contributed by atoms with Crippen molar-refractivity contribution in [2.75, 3.05) is 17.6 Å². The molecule has 6 rings (SSSR count). The van der Waals surface area contributed by atoms with Crippen molar-refractivity contribution in [1.29, 1.82) is 0 Å². The summed E-state index contributed by atoms with van der Waals surface area (Å²) in [4.78, 5) is 31.8. The number of halogens is 1. The van der Waals surface area contributed by atoms with Crippen molar-refractivity contribution in [2.45, 2.75) is 51.3 Å². The molecule has 3 N–H and O–H groups in total. The Morgan fingerprint density at radius 1 is 1.07 bits per heavy atom. The van der Waals surface area contributed by atoms with Crippen molar-refractivity contribution >= 4 is 34.4 Å². The number of anilines is 2. The van der Waals surface area contributed by atoms with Crippen LogP contribution in [0.3, 0.4) is 0 Å². The maximum Gasteiger partial charge on any atom is 0.410 e. The predicted octanol–water partition coefficient (Wildman–Crippen LogP) is 5.64. The van der Waals surface area contributed by atoms with Gasteiger partial charge >= 0.3 is 6.09 Å². The second kappa shape index (κ2) is 9.62. The Morgan fingerprint density at radius 3 is 2.52 bits per heavy atom. The monoisotopic (exact) mass is 542 g/mol. The number of nitrogens with two attached hydrogens (primary N) is 1. The van der Waals surface area contributed by atoms with Gasteiger partial charge in [-0.1, -0.05) is 18.2 Å². The van der Waals surface area contributed by atoms with E-state index in [-0.39, 0.29) is 35.1 Å². The highest BCUT2D eigenvalue weighted by molar-refractivity contribution is 6.05. The van der Waals surface area contributed by atoms with Gasteiger partial charge in [0.15, 0.2) is 0 Å². The summed E-state index contributed by atoms with van der Waals surface area (Å²) in [5.41, 5.74) is 7.79. The van der Waals surface area contributed by atoms with Gasteiger partial charge in [0.25, 0.3) is 5.91 Å². The molecule has 2 aromatic carbocycles. The average Bonchev–Trinajstić information content (AvgIpc) is 3.62.